The highest BCUT2D eigenvalue weighted by Crippen LogP contribution is 2.44. The van der Waals surface area contributed by atoms with Gasteiger partial charge in [-0.05, 0) is 29.4 Å². The Morgan fingerprint density at radius 1 is 1.28 bits per heavy atom. The molecule has 1 aromatic rings. The van der Waals surface area contributed by atoms with Gasteiger partial charge in [0.2, 0.25) is 6.41 Å². The van der Waals surface area contributed by atoms with Crippen LogP contribution >= 0.6 is 0 Å². The van der Waals surface area contributed by atoms with Crippen molar-refractivity contribution in [2.45, 2.75) is 37.6 Å². The Labute approximate surface area is 106 Å². The van der Waals surface area contributed by atoms with Gasteiger partial charge in [0.1, 0.15) is 0 Å². The second kappa shape index (κ2) is 4.12. The summed E-state index contributed by atoms with van der Waals surface area (Å²) in [6.07, 6.45) is 1.60. The van der Waals surface area contributed by atoms with Gasteiger partial charge in [0, 0.05) is 0 Å². The summed E-state index contributed by atoms with van der Waals surface area (Å²) in [7, 11) is 0. The third kappa shape index (κ3) is 1.68. The maximum atomic E-state index is 11.6. The highest BCUT2D eigenvalue weighted by Gasteiger charge is 2.47. The minimum atomic E-state index is -1.28. The summed E-state index contributed by atoms with van der Waals surface area (Å²) in [5.74, 6) is -1.00. The molecule has 0 radical (unpaired) electrons. The summed E-state index contributed by atoms with van der Waals surface area (Å²) in [4.78, 5) is 22.4. The molecule has 96 valence electrons. The van der Waals surface area contributed by atoms with E-state index < -0.39 is 11.5 Å². The molecule has 1 atom stereocenters. The molecular formula is C14H17NO3. The summed E-state index contributed by atoms with van der Waals surface area (Å²) in [6.45, 7) is 4.19. The first-order chi connectivity index (χ1) is 8.44. The molecule has 1 aliphatic rings. The molecule has 1 amide bonds. The lowest BCUT2D eigenvalue weighted by molar-refractivity contribution is -0.147. The lowest BCUT2D eigenvalue weighted by Gasteiger charge is -2.42. The smallest absolute Gasteiger partial charge is 0.334 e. The number of amides is 1. The molecule has 2 N–H and O–H groups in total. The van der Waals surface area contributed by atoms with Crippen molar-refractivity contribution in [2.24, 2.45) is 0 Å². The van der Waals surface area contributed by atoms with Crippen LogP contribution in [0.4, 0.5) is 0 Å². The van der Waals surface area contributed by atoms with Crippen molar-refractivity contribution in [3.63, 3.8) is 0 Å². The molecule has 4 nitrogen and oxygen atoms in total. The predicted molar refractivity (Wildman–Crippen MR) is 67.2 cm³/mol. The molecule has 1 aliphatic carbocycles. The zero-order valence-corrected chi connectivity index (χ0v) is 10.6. The lowest BCUT2D eigenvalue weighted by atomic mass is 9.65. The van der Waals surface area contributed by atoms with Crippen LogP contribution in [-0.2, 0) is 20.5 Å². The largest absolute Gasteiger partial charge is 0.479 e. The fourth-order valence-electron chi connectivity index (χ4n) is 2.75. The number of carboxylic acids is 1. The zero-order chi connectivity index (χ0) is 13.4. The van der Waals surface area contributed by atoms with E-state index in [2.05, 4.69) is 19.2 Å². The van der Waals surface area contributed by atoms with Crippen LogP contribution in [0.3, 0.4) is 0 Å². The first kappa shape index (κ1) is 12.6. The Bertz CT molecular complexity index is 496. The Balaban J connectivity index is 2.66. The van der Waals surface area contributed by atoms with E-state index in [1.54, 1.807) is 6.07 Å². The molecular weight excluding hydrogens is 230 g/mol. The van der Waals surface area contributed by atoms with Crippen LogP contribution in [0.15, 0.2) is 24.3 Å². The summed E-state index contributed by atoms with van der Waals surface area (Å²) in [5.41, 5.74) is 0.336. The third-order valence-corrected chi connectivity index (χ3v) is 3.91. The van der Waals surface area contributed by atoms with Gasteiger partial charge in [-0.25, -0.2) is 4.79 Å². The van der Waals surface area contributed by atoms with Gasteiger partial charge in [0.05, 0.1) is 0 Å². The van der Waals surface area contributed by atoms with Crippen LogP contribution in [0.25, 0.3) is 0 Å². The second-order valence-corrected chi connectivity index (χ2v) is 5.40. The number of carbonyl (C=O) groups is 2. The molecule has 0 bridgehead atoms. The van der Waals surface area contributed by atoms with E-state index in [-0.39, 0.29) is 5.41 Å². The van der Waals surface area contributed by atoms with Crippen molar-refractivity contribution in [3.8, 4) is 0 Å². The SMILES string of the molecule is CC1(C)CCC(NC=O)(C(=O)O)c2ccccc21. The molecule has 18 heavy (non-hydrogen) atoms. The van der Waals surface area contributed by atoms with Crippen LogP contribution in [0.5, 0.6) is 0 Å². The maximum absolute atomic E-state index is 11.6. The topological polar surface area (TPSA) is 66.4 Å². The minimum absolute atomic E-state index is 0.0693. The van der Waals surface area contributed by atoms with Crippen LogP contribution < -0.4 is 5.32 Å². The molecule has 1 unspecified atom stereocenters. The van der Waals surface area contributed by atoms with Crippen molar-refractivity contribution in [1.29, 1.82) is 0 Å². The average molecular weight is 247 g/mol. The van der Waals surface area contributed by atoms with Gasteiger partial charge >= 0.3 is 5.97 Å². The number of nitrogens with one attached hydrogen (secondary N) is 1. The van der Waals surface area contributed by atoms with E-state index in [1.807, 2.05) is 18.2 Å². The van der Waals surface area contributed by atoms with Gasteiger partial charge in [0.25, 0.3) is 0 Å². The van der Waals surface area contributed by atoms with E-state index in [0.717, 1.165) is 12.0 Å². The number of carboxylic acid groups (broad SMARTS) is 1. The van der Waals surface area contributed by atoms with Gasteiger partial charge in [-0.3, -0.25) is 4.79 Å². The van der Waals surface area contributed by atoms with Crippen molar-refractivity contribution in [2.75, 3.05) is 0 Å². The zero-order valence-electron chi connectivity index (χ0n) is 10.6. The van der Waals surface area contributed by atoms with Crippen molar-refractivity contribution in [1.82, 2.24) is 5.32 Å². The Hall–Kier alpha value is -1.84. The molecule has 0 spiro atoms. The Morgan fingerprint density at radius 3 is 2.44 bits per heavy atom. The number of carbonyl (C=O) groups excluding carboxylic acids is 1. The van der Waals surface area contributed by atoms with E-state index in [4.69, 9.17) is 0 Å². The van der Waals surface area contributed by atoms with Crippen molar-refractivity contribution < 1.29 is 14.7 Å². The molecule has 0 saturated heterocycles. The summed E-state index contributed by atoms with van der Waals surface area (Å²) in [5, 5.41) is 12.0. The van der Waals surface area contributed by atoms with E-state index in [0.29, 0.717) is 18.4 Å². The number of hydrogen-bond acceptors (Lipinski definition) is 2. The monoisotopic (exact) mass is 247 g/mol. The first-order valence-corrected chi connectivity index (χ1v) is 5.99. The first-order valence-electron chi connectivity index (χ1n) is 5.99. The second-order valence-electron chi connectivity index (χ2n) is 5.40. The van der Waals surface area contributed by atoms with Gasteiger partial charge in [0.15, 0.2) is 5.54 Å². The van der Waals surface area contributed by atoms with Crippen LogP contribution in [0.1, 0.15) is 37.8 Å². The molecule has 0 saturated carbocycles. The quantitative estimate of drug-likeness (QED) is 0.800. The van der Waals surface area contributed by atoms with E-state index in [1.165, 1.54) is 0 Å². The number of benzene rings is 1. The molecule has 2 rings (SSSR count). The van der Waals surface area contributed by atoms with E-state index >= 15 is 0 Å². The fourth-order valence-corrected chi connectivity index (χ4v) is 2.75. The predicted octanol–water partition coefficient (Wildman–Crippen LogP) is 1.78. The Kier molecular flexibility index (Phi) is 2.89. The van der Waals surface area contributed by atoms with Crippen LogP contribution in [0, 0.1) is 0 Å². The van der Waals surface area contributed by atoms with E-state index in [9.17, 15) is 14.7 Å². The summed E-state index contributed by atoms with van der Waals surface area (Å²) in [6, 6.07) is 7.45. The van der Waals surface area contributed by atoms with Gasteiger partial charge in [-0.15, -0.1) is 0 Å². The summed E-state index contributed by atoms with van der Waals surface area (Å²) < 4.78 is 0. The van der Waals surface area contributed by atoms with Crippen molar-refractivity contribution >= 4 is 12.4 Å². The number of aliphatic carboxylic acids is 1. The molecule has 4 heteroatoms. The van der Waals surface area contributed by atoms with Gasteiger partial charge in [-0.2, -0.15) is 0 Å². The number of rotatable bonds is 3. The van der Waals surface area contributed by atoms with Crippen LogP contribution in [-0.4, -0.2) is 17.5 Å². The highest BCUT2D eigenvalue weighted by molar-refractivity contribution is 5.84. The standard InChI is InChI=1S/C14H17NO3/c1-13(2)7-8-14(12(17)18,15-9-16)11-6-4-3-5-10(11)13/h3-6,9H,7-8H2,1-2H3,(H,15,16)(H,17,18). The highest BCUT2D eigenvalue weighted by atomic mass is 16.4. The fraction of sp³-hybridized carbons (Fsp3) is 0.429. The lowest BCUT2D eigenvalue weighted by Crippen LogP contribution is -2.53. The molecule has 0 aliphatic heterocycles. The number of fused-ring (bicyclic) bond motifs is 1. The maximum Gasteiger partial charge on any atom is 0.334 e. The molecule has 0 heterocycles. The van der Waals surface area contributed by atoms with Crippen molar-refractivity contribution in [3.05, 3.63) is 35.4 Å². The van der Waals surface area contributed by atoms with Gasteiger partial charge in [-0.1, -0.05) is 38.1 Å². The number of hydrogen-bond donors (Lipinski definition) is 2. The normalized spacial score (nSPS) is 25.0. The minimum Gasteiger partial charge on any atom is -0.479 e. The molecule has 0 aromatic heterocycles. The van der Waals surface area contributed by atoms with Gasteiger partial charge < -0.3 is 10.4 Å². The summed E-state index contributed by atoms with van der Waals surface area (Å²) >= 11 is 0. The average Bonchev–Trinajstić information content (AvgIpc) is 2.33. The Morgan fingerprint density at radius 2 is 1.89 bits per heavy atom. The molecule has 0 fully saturated rings. The molecule has 1 aromatic carbocycles. The third-order valence-electron chi connectivity index (χ3n) is 3.91. The van der Waals surface area contributed by atoms with Crippen LogP contribution in [0.2, 0.25) is 0 Å².